The zero-order valence-corrected chi connectivity index (χ0v) is 21.9. The zero-order valence-electron chi connectivity index (χ0n) is 21.9. The number of nitrogens with zero attached hydrogens (tertiary/aromatic N) is 1. The molecular weight excluding hydrogens is 430 g/mol. The van der Waals surface area contributed by atoms with E-state index in [9.17, 15) is 4.79 Å². The van der Waals surface area contributed by atoms with Gasteiger partial charge in [0.15, 0.2) is 0 Å². The molecule has 1 amide bonds. The highest BCUT2D eigenvalue weighted by molar-refractivity contribution is 5.86. The number of benzene rings is 2. The normalized spacial score (nSPS) is 16.3. The van der Waals surface area contributed by atoms with Crippen molar-refractivity contribution in [3.63, 3.8) is 0 Å². The molecule has 0 saturated carbocycles. The largest absolute Gasteiger partial charge is 0.353 e. The summed E-state index contributed by atoms with van der Waals surface area (Å²) in [5.41, 5.74) is 5.03. The lowest BCUT2D eigenvalue weighted by molar-refractivity contribution is -0.122. The third-order valence-corrected chi connectivity index (χ3v) is 7.73. The number of fused-ring (bicyclic) bond motifs is 1. The van der Waals surface area contributed by atoms with Crippen LogP contribution in [-0.4, -0.2) is 29.6 Å². The first kappa shape index (κ1) is 25.5. The van der Waals surface area contributed by atoms with Crippen LogP contribution in [0.4, 0.5) is 0 Å². The van der Waals surface area contributed by atoms with Crippen LogP contribution in [0.25, 0.3) is 10.9 Å². The molecule has 2 N–H and O–H groups in total. The van der Waals surface area contributed by atoms with Crippen LogP contribution < -0.4 is 10.6 Å². The van der Waals surface area contributed by atoms with Crippen LogP contribution in [-0.2, 0) is 11.3 Å². The molecule has 0 bridgehead atoms. The first-order valence-electron chi connectivity index (χ1n) is 13.7. The number of carbonyl (C=O) groups is 1. The molecule has 2 heterocycles. The Labute approximate surface area is 211 Å². The summed E-state index contributed by atoms with van der Waals surface area (Å²) in [6.07, 6.45) is 9.85. The smallest absolute Gasteiger partial charge is 0.221 e. The number of hydrogen-bond acceptors (Lipinski definition) is 2. The van der Waals surface area contributed by atoms with E-state index in [1.165, 1.54) is 53.3 Å². The maximum Gasteiger partial charge on any atom is 0.221 e. The molecule has 4 nitrogen and oxygen atoms in total. The number of amides is 1. The second kappa shape index (κ2) is 12.4. The van der Waals surface area contributed by atoms with Gasteiger partial charge in [0.1, 0.15) is 0 Å². The van der Waals surface area contributed by atoms with Gasteiger partial charge in [-0.05, 0) is 62.4 Å². The van der Waals surface area contributed by atoms with Gasteiger partial charge in [0.05, 0.1) is 0 Å². The van der Waals surface area contributed by atoms with E-state index >= 15 is 0 Å². The van der Waals surface area contributed by atoms with E-state index < -0.39 is 0 Å². The molecule has 0 spiro atoms. The molecule has 188 valence electrons. The molecular formula is C31H43N3O. The van der Waals surface area contributed by atoms with Crippen LogP contribution in [0.15, 0.2) is 54.7 Å². The standard InChI is InChI=1S/C31H43N3O/c1-4-6-11-24(5-2)21-34-22-29(27-13-7-8-14-30(27)34)28(25-12-9-10-23(3)19-25)20-31(35)33-26-15-17-32-18-16-26/h7-10,12-14,19,22,24,26,28,32H,4-6,11,15-18,20-21H2,1-3H3,(H,33,35). The van der Waals surface area contributed by atoms with Gasteiger partial charge in [-0.2, -0.15) is 0 Å². The van der Waals surface area contributed by atoms with Crippen molar-refractivity contribution in [1.29, 1.82) is 0 Å². The Kier molecular flexibility index (Phi) is 9.03. The molecule has 4 rings (SSSR count). The lowest BCUT2D eigenvalue weighted by Gasteiger charge is -2.25. The molecule has 1 aromatic heterocycles. The summed E-state index contributed by atoms with van der Waals surface area (Å²) in [5.74, 6) is 0.882. The molecule has 4 heteroatoms. The number of rotatable bonds is 11. The van der Waals surface area contributed by atoms with Crippen molar-refractivity contribution < 1.29 is 4.79 Å². The van der Waals surface area contributed by atoms with Gasteiger partial charge in [-0.15, -0.1) is 0 Å². The van der Waals surface area contributed by atoms with Crippen LogP contribution in [0, 0.1) is 12.8 Å². The maximum atomic E-state index is 13.3. The Hall–Kier alpha value is -2.59. The van der Waals surface area contributed by atoms with Gasteiger partial charge in [0.2, 0.25) is 5.91 Å². The van der Waals surface area contributed by atoms with Gasteiger partial charge in [0.25, 0.3) is 0 Å². The number of carbonyl (C=O) groups excluding carboxylic acids is 1. The van der Waals surface area contributed by atoms with E-state index in [-0.39, 0.29) is 17.9 Å². The fourth-order valence-electron chi connectivity index (χ4n) is 5.63. The summed E-state index contributed by atoms with van der Waals surface area (Å²) in [6.45, 7) is 9.73. The Morgan fingerprint density at radius 1 is 1.11 bits per heavy atom. The highest BCUT2D eigenvalue weighted by atomic mass is 16.1. The number of hydrogen-bond donors (Lipinski definition) is 2. The molecule has 1 aliphatic rings. The van der Waals surface area contributed by atoms with Crippen LogP contribution in [0.1, 0.15) is 81.4 Å². The molecule has 1 aliphatic heterocycles. The number of unbranched alkanes of at least 4 members (excludes halogenated alkanes) is 1. The van der Waals surface area contributed by atoms with Crippen molar-refractivity contribution in [3.05, 3.63) is 71.4 Å². The Balaban J connectivity index is 1.67. The fraction of sp³-hybridized carbons (Fsp3) is 0.516. The molecule has 1 fully saturated rings. The third-order valence-electron chi connectivity index (χ3n) is 7.73. The quantitative estimate of drug-likeness (QED) is 0.331. The minimum absolute atomic E-state index is 0.0403. The van der Waals surface area contributed by atoms with Gasteiger partial charge in [-0.1, -0.05) is 81.1 Å². The summed E-state index contributed by atoms with van der Waals surface area (Å²) in [6, 6.07) is 17.7. The van der Waals surface area contributed by atoms with Crippen molar-refractivity contribution in [3.8, 4) is 0 Å². The number of aromatic nitrogens is 1. The summed E-state index contributed by atoms with van der Waals surface area (Å²) >= 11 is 0. The van der Waals surface area contributed by atoms with Crippen molar-refractivity contribution >= 4 is 16.8 Å². The van der Waals surface area contributed by atoms with Gasteiger partial charge in [-0.25, -0.2) is 0 Å². The lowest BCUT2D eigenvalue weighted by Crippen LogP contribution is -2.43. The molecule has 3 aromatic rings. The second-order valence-electron chi connectivity index (χ2n) is 10.4. The molecule has 2 aromatic carbocycles. The maximum absolute atomic E-state index is 13.3. The predicted molar refractivity (Wildman–Crippen MR) is 147 cm³/mol. The summed E-state index contributed by atoms with van der Waals surface area (Å²) in [5, 5.41) is 8.00. The van der Waals surface area contributed by atoms with E-state index in [0.29, 0.717) is 12.3 Å². The van der Waals surface area contributed by atoms with E-state index in [1.54, 1.807) is 0 Å². The van der Waals surface area contributed by atoms with Gasteiger partial charge in [0, 0.05) is 42.0 Å². The predicted octanol–water partition coefficient (Wildman–Crippen LogP) is 6.56. The van der Waals surface area contributed by atoms with Crippen LogP contribution >= 0.6 is 0 Å². The van der Waals surface area contributed by atoms with Crippen molar-refractivity contribution in [2.75, 3.05) is 13.1 Å². The second-order valence-corrected chi connectivity index (χ2v) is 10.4. The molecule has 2 unspecified atom stereocenters. The Morgan fingerprint density at radius 2 is 1.91 bits per heavy atom. The highest BCUT2D eigenvalue weighted by Gasteiger charge is 2.25. The summed E-state index contributed by atoms with van der Waals surface area (Å²) in [7, 11) is 0. The number of piperidine rings is 1. The molecule has 0 aliphatic carbocycles. The molecule has 2 atom stereocenters. The number of aryl methyl sites for hydroxylation is 1. The molecule has 1 saturated heterocycles. The SMILES string of the molecule is CCCCC(CC)Cn1cc(C(CC(=O)NC2CCNCC2)c2cccc(C)c2)c2ccccc21. The minimum atomic E-state index is 0.0403. The van der Waals surface area contributed by atoms with Crippen molar-refractivity contribution in [2.45, 2.75) is 84.2 Å². The zero-order chi connectivity index (χ0) is 24.6. The topological polar surface area (TPSA) is 46.1 Å². The van der Waals surface area contributed by atoms with Crippen LogP contribution in [0.2, 0.25) is 0 Å². The Bertz CT molecular complexity index is 1100. The first-order valence-corrected chi connectivity index (χ1v) is 13.7. The number of nitrogens with one attached hydrogen (secondary N) is 2. The average Bonchev–Trinajstić information content (AvgIpc) is 3.23. The van der Waals surface area contributed by atoms with E-state index in [4.69, 9.17) is 0 Å². The molecule has 35 heavy (non-hydrogen) atoms. The van der Waals surface area contributed by atoms with E-state index in [2.05, 4.69) is 90.7 Å². The highest BCUT2D eigenvalue weighted by Crippen LogP contribution is 2.36. The number of para-hydroxylation sites is 1. The monoisotopic (exact) mass is 473 g/mol. The van der Waals surface area contributed by atoms with Gasteiger partial charge < -0.3 is 15.2 Å². The van der Waals surface area contributed by atoms with Crippen LogP contribution in [0.5, 0.6) is 0 Å². The Morgan fingerprint density at radius 3 is 2.66 bits per heavy atom. The van der Waals surface area contributed by atoms with Crippen molar-refractivity contribution in [1.82, 2.24) is 15.2 Å². The minimum Gasteiger partial charge on any atom is -0.353 e. The summed E-state index contributed by atoms with van der Waals surface area (Å²) in [4.78, 5) is 13.3. The molecule has 0 radical (unpaired) electrons. The summed E-state index contributed by atoms with van der Waals surface area (Å²) < 4.78 is 2.46. The fourth-order valence-corrected chi connectivity index (χ4v) is 5.63. The van der Waals surface area contributed by atoms with Gasteiger partial charge >= 0.3 is 0 Å². The first-order chi connectivity index (χ1) is 17.1. The average molecular weight is 474 g/mol. The lowest BCUT2D eigenvalue weighted by atomic mass is 9.87. The third kappa shape index (κ3) is 6.55. The van der Waals surface area contributed by atoms with Crippen molar-refractivity contribution in [2.24, 2.45) is 5.92 Å². The van der Waals surface area contributed by atoms with Gasteiger partial charge in [-0.3, -0.25) is 4.79 Å². The van der Waals surface area contributed by atoms with E-state index in [1.807, 2.05) is 0 Å². The van der Waals surface area contributed by atoms with Crippen LogP contribution in [0.3, 0.4) is 0 Å². The van der Waals surface area contributed by atoms with E-state index in [0.717, 1.165) is 32.5 Å².